The molecule has 0 amide bonds. The van der Waals surface area contributed by atoms with Crippen LogP contribution < -0.4 is 5.32 Å². The standard InChI is InChI=1S/C9H14N2O2/c1-7-11-8(5-12-7)6-13-9-2-3-10-4-9/h5,9-10H,2-4,6H2,1H3/t9-/m1/s1. The van der Waals surface area contributed by atoms with E-state index in [-0.39, 0.29) is 0 Å². The van der Waals surface area contributed by atoms with Crippen molar-refractivity contribution in [2.45, 2.75) is 26.1 Å². The Morgan fingerprint density at radius 3 is 3.31 bits per heavy atom. The summed E-state index contributed by atoms with van der Waals surface area (Å²) in [7, 11) is 0. The Morgan fingerprint density at radius 1 is 1.77 bits per heavy atom. The van der Waals surface area contributed by atoms with Crippen LogP contribution >= 0.6 is 0 Å². The average Bonchev–Trinajstić information content (AvgIpc) is 2.71. The molecule has 1 fully saturated rings. The maximum atomic E-state index is 5.62. The van der Waals surface area contributed by atoms with Crippen molar-refractivity contribution in [3.63, 3.8) is 0 Å². The number of aryl methyl sites for hydroxylation is 1. The smallest absolute Gasteiger partial charge is 0.191 e. The summed E-state index contributed by atoms with van der Waals surface area (Å²) in [4.78, 5) is 4.16. The van der Waals surface area contributed by atoms with Gasteiger partial charge in [-0.3, -0.25) is 0 Å². The van der Waals surface area contributed by atoms with Crippen LogP contribution in [0.4, 0.5) is 0 Å². The minimum Gasteiger partial charge on any atom is -0.449 e. The molecule has 0 bridgehead atoms. The summed E-state index contributed by atoms with van der Waals surface area (Å²) in [6.07, 6.45) is 3.09. The van der Waals surface area contributed by atoms with Gasteiger partial charge in [-0.25, -0.2) is 4.98 Å². The van der Waals surface area contributed by atoms with Crippen LogP contribution in [-0.4, -0.2) is 24.2 Å². The van der Waals surface area contributed by atoms with Gasteiger partial charge in [0.2, 0.25) is 0 Å². The second-order valence-corrected chi connectivity index (χ2v) is 3.28. The summed E-state index contributed by atoms with van der Waals surface area (Å²) in [6.45, 7) is 4.41. The summed E-state index contributed by atoms with van der Waals surface area (Å²) < 4.78 is 10.7. The lowest BCUT2D eigenvalue weighted by molar-refractivity contribution is 0.0522. The van der Waals surface area contributed by atoms with Crippen molar-refractivity contribution in [3.8, 4) is 0 Å². The third-order valence-electron chi connectivity index (χ3n) is 2.15. The van der Waals surface area contributed by atoms with Gasteiger partial charge in [0.15, 0.2) is 5.89 Å². The highest BCUT2D eigenvalue weighted by molar-refractivity contribution is 4.93. The lowest BCUT2D eigenvalue weighted by Gasteiger charge is -2.07. The predicted molar refractivity (Wildman–Crippen MR) is 47.3 cm³/mol. The monoisotopic (exact) mass is 182 g/mol. The molecule has 0 aliphatic carbocycles. The molecule has 1 aliphatic heterocycles. The molecule has 4 heteroatoms. The molecule has 4 nitrogen and oxygen atoms in total. The number of rotatable bonds is 3. The van der Waals surface area contributed by atoms with Gasteiger partial charge in [0.05, 0.1) is 12.7 Å². The van der Waals surface area contributed by atoms with E-state index in [2.05, 4.69) is 10.3 Å². The van der Waals surface area contributed by atoms with Crippen LogP contribution in [0, 0.1) is 6.92 Å². The van der Waals surface area contributed by atoms with E-state index in [0.717, 1.165) is 25.2 Å². The summed E-state index contributed by atoms with van der Waals surface area (Å²) in [5.74, 6) is 0.697. The molecule has 13 heavy (non-hydrogen) atoms. The number of hydrogen-bond acceptors (Lipinski definition) is 4. The van der Waals surface area contributed by atoms with Gasteiger partial charge < -0.3 is 14.5 Å². The molecular weight excluding hydrogens is 168 g/mol. The Hall–Kier alpha value is -0.870. The highest BCUT2D eigenvalue weighted by Crippen LogP contribution is 2.08. The van der Waals surface area contributed by atoms with Crippen LogP contribution in [0.25, 0.3) is 0 Å². The van der Waals surface area contributed by atoms with E-state index in [0.29, 0.717) is 18.6 Å². The summed E-state index contributed by atoms with van der Waals surface area (Å²) in [5, 5.41) is 3.24. The number of nitrogens with zero attached hydrogens (tertiary/aromatic N) is 1. The maximum absolute atomic E-state index is 5.62. The normalized spacial score (nSPS) is 22.4. The van der Waals surface area contributed by atoms with Crippen molar-refractivity contribution in [3.05, 3.63) is 17.8 Å². The number of oxazole rings is 1. The van der Waals surface area contributed by atoms with Crippen molar-refractivity contribution in [2.75, 3.05) is 13.1 Å². The number of aromatic nitrogens is 1. The zero-order valence-electron chi connectivity index (χ0n) is 7.75. The zero-order chi connectivity index (χ0) is 9.10. The van der Waals surface area contributed by atoms with Gasteiger partial charge >= 0.3 is 0 Å². The zero-order valence-corrected chi connectivity index (χ0v) is 7.75. The second kappa shape index (κ2) is 3.89. The van der Waals surface area contributed by atoms with Gasteiger partial charge in [0.1, 0.15) is 12.0 Å². The molecule has 1 saturated heterocycles. The summed E-state index contributed by atoms with van der Waals surface area (Å²) >= 11 is 0. The number of ether oxygens (including phenoxy) is 1. The molecule has 0 saturated carbocycles. The van der Waals surface area contributed by atoms with Gasteiger partial charge in [-0.1, -0.05) is 0 Å². The van der Waals surface area contributed by atoms with Crippen molar-refractivity contribution in [1.82, 2.24) is 10.3 Å². The first-order valence-corrected chi connectivity index (χ1v) is 4.58. The van der Waals surface area contributed by atoms with E-state index in [9.17, 15) is 0 Å². The Balaban J connectivity index is 1.78. The first kappa shape index (κ1) is 8.72. The van der Waals surface area contributed by atoms with Crippen molar-refractivity contribution in [2.24, 2.45) is 0 Å². The third kappa shape index (κ3) is 2.29. The predicted octanol–water partition coefficient (Wildman–Crippen LogP) is 0.862. The quantitative estimate of drug-likeness (QED) is 0.753. The molecule has 1 aliphatic rings. The van der Waals surface area contributed by atoms with Crippen LogP contribution in [0.3, 0.4) is 0 Å². The van der Waals surface area contributed by atoms with Gasteiger partial charge in [-0.2, -0.15) is 0 Å². The van der Waals surface area contributed by atoms with Crippen LogP contribution in [0.1, 0.15) is 18.0 Å². The SMILES string of the molecule is Cc1nc(CO[C@@H]2CCNC2)co1. The molecule has 1 atom stereocenters. The highest BCUT2D eigenvalue weighted by atomic mass is 16.5. The van der Waals surface area contributed by atoms with Gasteiger partial charge in [-0.15, -0.1) is 0 Å². The fourth-order valence-electron chi connectivity index (χ4n) is 1.45. The Morgan fingerprint density at radius 2 is 2.69 bits per heavy atom. The lowest BCUT2D eigenvalue weighted by Crippen LogP contribution is -2.16. The highest BCUT2D eigenvalue weighted by Gasteiger charge is 2.15. The van der Waals surface area contributed by atoms with E-state index in [1.807, 2.05) is 6.92 Å². The molecule has 1 aromatic rings. The van der Waals surface area contributed by atoms with Gasteiger partial charge in [-0.05, 0) is 13.0 Å². The van der Waals surface area contributed by atoms with Crippen molar-refractivity contribution in [1.29, 1.82) is 0 Å². The second-order valence-electron chi connectivity index (χ2n) is 3.28. The van der Waals surface area contributed by atoms with Crippen molar-refractivity contribution >= 4 is 0 Å². The minimum absolute atomic E-state index is 0.344. The van der Waals surface area contributed by atoms with E-state index in [1.165, 1.54) is 0 Å². The van der Waals surface area contributed by atoms with Gasteiger partial charge in [0.25, 0.3) is 0 Å². The van der Waals surface area contributed by atoms with E-state index >= 15 is 0 Å². The molecule has 0 aromatic carbocycles. The maximum Gasteiger partial charge on any atom is 0.191 e. The van der Waals surface area contributed by atoms with Crippen LogP contribution in [0.2, 0.25) is 0 Å². The molecule has 0 unspecified atom stereocenters. The molecule has 1 N–H and O–H groups in total. The fourth-order valence-corrected chi connectivity index (χ4v) is 1.45. The Kier molecular flexibility index (Phi) is 2.61. The van der Waals surface area contributed by atoms with Crippen molar-refractivity contribution < 1.29 is 9.15 Å². The van der Waals surface area contributed by atoms with E-state index in [1.54, 1.807) is 6.26 Å². The topological polar surface area (TPSA) is 47.3 Å². The summed E-state index contributed by atoms with van der Waals surface area (Å²) in [5.41, 5.74) is 0.879. The summed E-state index contributed by atoms with van der Waals surface area (Å²) in [6, 6.07) is 0. The van der Waals surface area contributed by atoms with Crippen LogP contribution in [0.5, 0.6) is 0 Å². The molecule has 2 heterocycles. The molecule has 72 valence electrons. The Bertz CT molecular complexity index is 266. The third-order valence-corrected chi connectivity index (χ3v) is 2.15. The first-order chi connectivity index (χ1) is 6.34. The first-order valence-electron chi connectivity index (χ1n) is 4.58. The number of hydrogen-bond donors (Lipinski definition) is 1. The van der Waals surface area contributed by atoms with E-state index < -0.39 is 0 Å². The van der Waals surface area contributed by atoms with Gasteiger partial charge in [0, 0.05) is 13.5 Å². The molecule has 0 radical (unpaired) electrons. The average molecular weight is 182 g/mol. The molecule has 0 spiro atoms. The molecular formula is C9H14N2O2. The van der Waals surface area contributed by atoms with E-state index in [4.69, 9.17) is 9.15 Å². The molecule has 1 aromatic heterocycles. The lowest BCUT2D eigenvalue weighted by atomic mass is 10.3. The van der Waals surface area contributed by atoms with Crippen LogP contribution in [0.15, 0.2) is 10.7 Å². The fraction of sp³-hybridized carbons (Fsp3) is 0.667. The largest absolute Gasteiger partial charge is 0.449 e. The van der Waals surface area contributed by atoms with Crippen LogP contribution in [-0.2, 0) is 11.3 Å². The minimum atomic E-state index is 0.344. The Labute approximate surface area is 77.3 Å². The molecule has 2 rings (SSSR count). The number of nitrogens with one attached hydrogen (secondary N) is 1.